The number of ketones is 1. The average molecular weight is 354 g/mol. The fourth-order valence-electron chi connectivity index (χ4n) is 3.13. The van der Waals surface area contributed by atoms with Gasteiger partial charge < -0.3 is 4.74 Å². The maximum atomic E-state index is 12.7. The van der Waals surface area contributed by atoms with E-state index in [-0.39, 0.29) is 5.78 Å². The molecule has 130 valence electrons. The summed E-state index contributed by atoms with van der Waals surface area (Å²) in [5.74, 6) is 0.431. The van der Waals surface area contributed by atoms with E-state index < -0.39 is 17.3 Å². The van der Waals surface area contributed by atoms with Crippen molar-refractivity contribution >= 4 is 17.6 Å². The fraction of sp³-hybridized carbons (Fsp3) is 0.0952. The van der Waals surface area contributed by atoms with E-state index in [2.05, 4.69) is 0 Å². The normalized spacial score (nSPS) is 19.0. The zero-order valence-corrected chi connectivity index (χ0v) is 13.5. The van der Waals surface area contributed by atoms with E-state index in [9.17, 15) is 18.0 Å². The predicted octanol–water partition coefficient (Wildman–Crippen LogP) is 5.12. The van der Waals surface area contributed by atoms with Gasteiger partial charge in [-0.2, -0.15) is 13.2 Å². The minimum atomic E-state index is -4.36. The molecule has 1 aliphatic carbocycles. The topological polar surface area (TPSA) is 26.3 Å². The van der Waals surface area contributed by atoms with Gasteiger partial charge in [0.2, 0.25) is 0 Å². The summed E-state index contributed by atoms with van der Waals surface area (Å²) in [6, 6.07) is 12.4. The quantitative estimate of drug-likeness (QED) is 0.710. The highest BCUT2D eigenvalue weighted by Gasteiger charge is 2.40. The second-order valence-electron chi connectivity index (χ2n) is 6.14. The molecule has 0 aromatic heterocycles. The Hall–Kier alpha value is -3.08. The molecule has 0 bridgehead atoms. The number of rotatable bonds is 1. The van der Waals surface area contributed by atoms with E-state index >= 15 is 0 Å². The van der Waals surface area contributed by atoms with Crippen LogP contribution in [0.4, 0.5) is 13.2 Å². The molecule has 0 saturated heterocycles. The Kier molecular flexibility index (Phi) is 3.61. The lowest BCUT2D eigenvalue weighted by Gasteiger charge is -2.24. The molecule has 0 radical (unpaired) electrons. The Morgan fingerprint density at radius 2 is 1.58 bits per heavy atom. The van der Waals surface area contributed by atoms with Gasteiger partial charge in [0.1, 0.15) is 5.76 Å². The van der Waals surface area contributed by atoms with Crippen LogP contribution in [0.2, 0.25) is 0 Å². The molecular weight excluding hydrogens is 341 g/mol. The van der Waals surface area contributed by atoms with Crippen molar-refractivity contribution in [2.45, 2.75) is 11.8 Å². The highest BCUT2D eigenvalue weighted by atomic mass is 19.4. The second-order valence-corrected chi connectivity index (χ2v) is 6.14. The number of carbonyl (C=O) groups excluding carboxylic acids is 1. The van der Waals surface area contributed by atoms with Crippen LogP contribution in [-0.2, 0) is 21.3 Å². The minimum Gasteiger partial charge on any atom is -0.474 e. The van der Waals surface area contributed by atoms with E-state index in [4.69, 9.17) is 4.74 Å². The van der Waals surface area contributed by atoms with Crippen LogP contribution in [0, 0.1) is 0 Å². The molecule has 4 rings (SSSR count). The summed E-state index contributed by atoms with van der Waals surface area (Å²) in [5.41, 5.74) is 0.775. The first kappa shape index (κ1) is 16.4. The summed E-state index contributed by atoms with van der Waals surface area (Å²) in [6.45, 7) is 0. The summed E-state index contributed by atoms with van der Waals surface area (Å²) in [4.78, 5) is 11.5. The van der Waals surface area contributed by atoms with E-state index in [1.165, 1.54) is 24.3 Å². The Balaban J connectivity index is 1.74. The van der Waals surface area contributed by atoms with Gasteiger partial charge >= 0.3 is 6.18 Å². The Morgan fingerprint density at radius 1 is 0.923 bits per heavy atom. The summed E-state index contributed by atoms with van der Waals surface area (Å²) < 4.78 is 44.3. The average Bonchev–Trinajstić information content (AvgIpc) is 2.91. The molecule has 1 aliphatic heterocycles. The molecule has 2 aromatic carbocycles. The van der Waals surface area contributed by atoms with Crippen molar-refractivity contribution in [3.05, 3.63) is 95.1 Å². The van der Waals surface area contributed by atoms with Crippen LogP contribution in [0.3, 0.4) is 0 Å². The van der Waals surface area contributed by atoms with Crippen molar-refractivity contribution in [3.63, 3.8) is 0 Å². The van der Waals surface area contributed by atoms with Gasteiger partial charge in [0.15, 0.2) is 11.4 Å². The third-order valence-corrected chi connectivity index (χ3v) is 4.42. The van der Waals surface area contributed by atoms with Gasteiger partial charge in [0, 0.05) is 11.1 Å². The van der Waals surface area contributed by atoms with Crippen molar-refractivity contribution in [2.75, 3.05) is 0 Å². The molecule has 0 amide bonds. The molecule has 0 saturated carbocycles. The fourth-order valence-corrected chi connectivity index (χ4v) is 3.13. The van der Waals surface area contributed by atoms with Crippen LogP contribution in [0.15, 0.2) is 72.8 Å². The largest absolute Gasteiger partial charge is 0.474 e. The van der Waals surface area contributed by atoms with Crippen LogP contribution in [-0.4, -0.2) is 5.78 Å². The Labute approximate surface area is 147 Å². The van der Waals surface area contributed by atoms with Gasteiger partial charge in [0.05, 0.1) is 5.56 Å². The maximum absolute atomic E-state index is 12.7. The third-order valence-electron chi connectivity index (χ3n) is 4.42. The first-order valence-electron chi connectivity index (χ1n) is 7.98. The van der Waals surface area contributed by atoms with E-state index in [0.717, 1.165) is 23.3 Å². The molecular formula is C21H13F3O2. The molecule has 0 unspecified atom stereocenters. The maximum Gasteiger partial charge on any atom is 0.416 e. The number of hydrogen-bond donors (Lipinski definition) is 0. The lowest BCUT2D eigenvalue weighted by atomic mass is 9.88. The number of alkyl halides is 3. The highest BCUT2D eigenvalue weighted by molar-refractivity contribution is 6.01. The Bertz CT molecular complexity index is 947. The zero-order valence-electron chi connectivity index (χ0n) is 13.5. The molecule has 0 atom stereocenters. The van der Waals surface area contributed by atoms with Crippen molar-refractivity contribution in [1.29, 1.82) is 0 Å². The number of hydrogen-bond acceptors (Lipinski definition) is 2. The van der Waals surface area contributed by atoms with Crippen LogP contribution in [0.25, 0.3) is 11.8 Å². The number of fused-ring (bicyclic) bond motifs is 2. The number of carbonyl (C=O) groups is 1. The summed E-state index contributed by atoms with van der Waals surface area (Å²) in [5, 5.41) is 0. The van der Waals surface area contributed by atoms with Crippen molar-refractivity contribution in [1.82, 2.24) is 0 Å². The smallest absolute Gasteiger partial charge is 0.416 e. The number of halogens is 3. The minimum absolute atomic E-state index is 0.114. The van der Waals surface area contributed by atoms with Crippen LogP contribution < -0.4 is 0 Å². The summed E-state index contributed by atoms with van der Waals surface area (Å²) >= 11 is 0. The molecule has 2 aliphatic rings. The van der Waals surface area contributed by atoms with Gasteiger partial charge in [-0.3, -0.25) is 4.79 Å². The van der Waals surface area contributed by atoms with Crippen LogP contribution in [0.1, 0.15) is 22.3 Å². The first-order chi connectivity index (χ1) is 12.4. The zero-order chi connectivity index (χ0) is 18.4. The van der Waals surface area contributed by atoms with Crippen molar-refractivity contribution in [3.8, 4) is 0 Å². The van der Waals surface area contributed by atoms with Gasteiger partial charge in [0.25, 0.3) is 0 Å². The second kappa shape index (κ2) is 5.73. The van der Waals surface area contributed by atoms with Gasteiger partial charge in [-0.1, -0.05) is 36.4 Å². The monoisotopic (exact) mass is 354 g/mol. The molecule has 5 heteroatoms. The van der Waals surface area contributed by atoms with Crippen molar-refractivity contribution in [2.24, 2.45) is 0 Å². The molecule has 1 spiro atoms. The standard InChI is InChI=1S/C21H13F3O2/c22-21(23,24)15-7-5-14(6-8-15)13-19-17-3-1-2-4-18(17)20(26-19)11-9-16(25)10-12-20/h1-13H/b19-13-. The highest BCUT2D eigenvalue weighted by Crippen LogP contribution is 2.46. The molecule has 1 heterocycles. The SMILES string of the molecule is O=C1C=CC2(C=C1)O/C(=C\c1ccc(C(F)(F)F)cc1)c1ccccc12. The van der Waals surface area contributed by atoms with Crippen molar-refractivity contribution < 1.29 is 22.7 Å². The van der Waals surface area contributed by atoms with E-state index in [0.29, 0.717) is 11.3 Å². The van der Waals surface area contributed by atoms with Gasteiger partial charge in [-0.15, -0.1) is 0 Å². The molecule has 0 N–H and O–H groups in total. The Morgan fingerprint density at radius 3 is 2.23 bits per heavy atom. The lowest BCUT2D eigenvalue weighted by molar-refractivity contribution is -0.137. The summed E-state index contributed by atoms with van der Waals surface area (Å²) in [7, 11) is 0. The first-order valence-corrected chi connectivity index (χ1v) is 7.98. The number of ether oxygens (including phenoxy) is 1. The van der Waals surface area contributed by atoms with Gasteiger partial charge in [-0.05, 0) is 48.1 Å². The lowest BCUT2D eigenvalue weighted by Crippen LogP contribution is -2.22. The third kappa shape index (κ3) is 2.75. The molecule has 0 fully saturated rings. The molecule has 2 nitrogen and oxygen atoms in total. The molecule has 26 heavy (non-hydrogen) atoms. The summed E-state index contributed by atoms with van der Waals surface area (Å²) in [6.07, 6.45) is 3.64. The predicted molar refractivity (Wildman–Crippen MR) is 91.8 cm³/mol. The number of benzene rings is 2. The number of allylic oxidation sites excluding steroid dienone is 2. The van der Waals surface area contributed by atoms with Crippen LogP contribution >= 0.6 is 0 Å². The van der Waals surface area contributed by atoms with E-state index in [1.807, 2.05) is 24.3 Å². The molecule has 2 aromatic rings. The van der Waals surface area contributed by atoms with Gasteiger partial charge in [-0.25, -0.2) is 0 Å². The van der Waals surface area contributed by atoms with Crippen LogP contribution in [0.5, 0.6) is 0 Å². The van der Waals surface area contributed by atoms with E-state index in [1.54, 1.807) is 18.2 Å².